The molecule has 0 unspecified atom stereocenters. The van der Waals surface area contributed by atoms with Gasteiger partial charge in [-0.2, -0.15) is 0 Å². The molecule has 0 aliphatic rings. The molecule has 0 amide bonds. The van der Waals surface area contributed by atoms with Crippen LogP contribution in [0.2, 0.25) is 0 Å². The van der Waals surface area contributed by atoms with Gasteiger partial charge in [0.15, 0.2) is 11.5 Å². The summed E-state index contributed by atoms with van der Waals surface area (Å²) in [5, 5.41) is 30.0. The van der Waals surface area contributed by atoms with Crippen LogP contribution in [-0.2, 0) is 32.6 Å². The summed E-state index contributed by atoms with van der Waals surface area (Å²) >= 11 is 0. The number of esters is 1. The van der Waals surface area contributed by atoms with Crippen molar-refractivity contribution in [1.29, 1.82) is 0 Å². The molecule has 12 heteroatoms. The summed E-state index contributed by atoms with van der Waals surface area (Å²) in [7, 11) is -3.15. The minimum Gasteiger partial charge on any atom is -0.506 e. The monoisotopic (exact) mass is 509 g/mol. The number of phenolic OH excluding ortho intramolecular Hbond substituents is 3. The third-order valence-electron chi connectivity index (χ3n) is 4.80. The second-order valence-corrected chi connectivity index (χ2v) is 9.07. The minimum absolute atomic E-state index is 0.0426. The van der Waals surface area contributed by atoms with Crippen molar-refractivity contribution in [2.45, 2.75) is 24.3 Å². The Morgan fingerprint density at radius 1 is 0.914 bits per heavy atom. The van der Waals surface area contributed by atoms with Crippen LogP contribution >= 0.6 is 0 Å². The molecule has 35 heavy (non-hydrogen) atoms. The van der Waals surface area contributed by atoms with Gasteiger partial charge in [-0.15, -0.1) is 0 Å². The quantitative estimate of drug-likeness (QED) is 0.253. The van der Waals surface area contributed by atoms with E-state index in [4.69, 9.17) is 9.47 Å². The van der Waals surface area contributed by atoms with Crippen LogP contribution < -0.4 is 9.46 Å². The number of ether oxygens (including phenoxy) is 2. The summed E-state index contributed by atoms with van der Waals surface area (Å²) in [6.07, 6.45) is -0.0806. The third-order valence-corrected chi connectivity index (χ3v) is 6.13. The Labute approximate surface area is 199 Å². The maximum absolute atomic E-state index is 13.4. The fourth-order valence-corrected chi connectivity index (χ4v) is 4.22. The highest BCUT2D eigenvalue weighted by Crippen LogP contribution is 2.36. The fraction of sp³-hybridized carbons (Fsp3) is 0.174. The first-order valence-electron chi connectivity index (χ1n) is 10.0. The number of hydrogen-bond acceptors (Lipinski definition) is 8. The zero-order valence-corrected chi connectivity index (χ0v) is 19.1. The van der Waals surface area contributed by atoms with Crippen LogP contribution in [0.15, 0.2) is 53.4 Å². The van der Waals surface area contributed by atoms with Crippen molar-refractivity contribution in [1.82, 2.24) is 0 Å². The Bertz CT molecular complexity index is 1320. The van der Waals surface area contributed by atoms with Gasteiger partial charge < -0.3 is 24.8 Å². The molecular weight excluding hydrogens is 488 g/mol. The molecule has 0 spiro atoms. The maximum atomic E-state index is 13.4. The van der Waals surface area contributed by atoms with E-state index in [0.29, 0.717) is 29.3 Å². The van der Waals surface area contributed by atoms with E-state index < -0.39 is 49.7 Å². The molecule has 0 aromatic heterocycles. The highest BCUT2D eigenvalue weighted by Gasteiger charge is 2.21. The van der Waals surface area contributed by atoms with E-state index in [-0.39, 0.29) is 30.9 Å². The number of sulfonamides is 1. The molecule has 0 aliphatic carbocycles. The van der Waals surface area contributed by atoms with E-state index in [1.165, 1.54) is 19.2 Å². The molecule has 3 rings (SSSR count). The molecule has 0 atom stereocenters. The standard InChI is InChI=1S/C23H21F2NO8S/c1-33-21-8-14(2-4-18(21)27)12-34-22(30)5-3-13-6-19(28)23(20(29)7-13)26-35(31,32)17-10-15(24)9-16(25)11-17/h2,4,6-11,26-29H,3,5,12H2,1H3. The van der Waals surface area contributed by atoms with Crippen molar-refractivity contribution >= 4 is 21.7 Å². The second-order valence-electron chi connectivity index (χ2n) is 7.39. The van der Waals surface area contributed by atoms with Gasteiger partial charge in [0.2, 0.25) is 0 Å². The summed E-state index contributed by atoms with van der Waals surface area (Å²) in [6.45, 7) is -0.0760. The molecule has 3 aromatic carbocycles. The number of carbonyl (C=O) groups excluding carboxylic acids is 1. The Hall–Kier alpha value is -4.06. The Morgan fingerprint density at radius 2 is 1.54 bits per heavy atom. The van der Waals surface area contributed by atoms with Crippen LogP contribution in [0.1, 0.15) is 17.5 Å². The van der Waals surface area contributed by atoms with E-state index >= 15 is 0 Å². The summed E-state index contributed by atoms with van der Waals surface area (Å²) in [5.74, 6) is -3.99. The van der Waals surface area contributed by atoms with E-state index in [0.717, 1.165) is 12.1 Å². The van der Waals surface area contributed by atoms with Crippen LogP contribution in [0.25, 0.3) is 0 Å². The highest BCUT2D eigenvalue weighted by molar-refractivity contribution is 7.92. The zero-order chi connectivity index (χ0) is 25.8. The summed E-state index contributed by atoms with van der Waals surface area (Å²) < 4.78 is 63.6. The lowest BCUT2D eigenvalue weighted by atomic mass is 10.1. The van der Waals surface area contributed by atoms with Crippen LogP contribution in [0.4, 0.5) is 14.5 Å². The van der Waals surface area contributed by atoms with Crippen LogP contribution in [0, 0.1) is 11.6 Å². The minimum atomic E-state index is -4.53. The third kappa shape index (κ3) is 6.51. The van der Waals surface area contributed by atoms with Gasteiger partial charge in [-0.3, -0.25) is 9.52 Å². The predicted molar refractivity (Wildman–Crippen MR) is 120 cm³/mol. The number of aromatic hydroxyl groups is 3. The number of hydrogen-bond donors (Lipinski definition) is 4. The van der Waals surface area contributed by atoms with Crippen molar-refractivity contribution in [3.63, 3.8) is 0 Å². The number of aryl methyl sites for hydroxylation is 1. The number of methoxy groups -OCH3 is 1. The first kappa shape index (κ1) is 25.6. The van der Waals surface area contributed by atoms with Crippen LogP contribution in [0.3, 0.4) is 0 Å². The molecule has 186 valence electrons. The molecule has 0 saturated carbocycles. The lowest BCUT2D eigenvalue weighted by Gasteiger charge is -2.13. The largest absolute Gasteiger partial charge is 0.506 e. The van der Waals surface area contributed by atoms with Gasteiger partial charge in [-0.25, -0.2) is 17.2 Å². The predicted octanol–water partition coefficient (Wildman–Crippen LogP) is 3.57. The van der Waals surface area contributed by atoms with Crippen LogP contribution in [0.5, 0.6) is 23.0 Å². The van der Waals surface area contributed by atoms with Gasteiger partial charge >= 0.3 is 5.97 Å². The van der Waals surface area contributed by atoms with Crippen molar-refractivity contribution in [2.75, 3.05) is 11.8 Å². The van der Waals surface area contributed by atoms with Gasteiger partial charge in [-0.05, 0) is 53.9 Å². The normalized spacial score (nSPS) is 11.2. The van der Waals surface area contributed by atoms with Crippen molar-refractivity contribution < 1.29 is 46.8 Å². The molecule has 0 aliphatic heterocycles. The molecule has 0 bridgehead atoms. The van der Waals surface area contributed by atoms with Crippen molar-refractivity contribution in [3.05, 3.63) is 71.3 Å². The summed E-state index contributed by atoms with van der Waals surface area (Å²) in [5.41, 5.74) is 0.281. The van der Waals surface area contributed by atoms with Crippen LogP contribution in [-0.4, -0.2) is 36.8 Å². The molecule has 4 N–H and O–H groups in total. The SMILES string of the molecule is COc1cc(COC(=O)CCc2cc(O)c(NS(=O)(=O)c3cc(F)cc(F)c3)c(O)c2)ccc1O. The molecule has 0 heterocycles. The highest BCUT2D eigenvalue weighted by atomic mass is 32.2. The maximum Gasteiger partial charge on any atom is 0.306 e. The van der Waals surface area contributed by atoms with Crippen molar-refractivity contribution in [2.24, 2.45) is 0 Å². The smallest absolute Gasteiger partial charge is 0.306 e. The lowest BCUT2D eigenvalue weighted by Crippen LogP contribution is -2.14. The first-order valence-corrected chi connectivity index (χ1v) is 11.5. The van der Waals surface area contributed by atoms with E-state index in [2.05, 4.69) is 0 Å². The van der Waals surface area contributed by atoms with Gasteiger partial charge in [0.25, 0.3) is 10.0 Å². The van der Waals surface area contributed by atoms with Gasteiger partial charge in [0.05, 0.1) is 12.0 Å². The number of nitrogens with one attached hydrogen (secondary N) is 1. The first-order chi connectivity index (χ1) is 16.5. The molecule has 3 aromatic rings. The number of anilines is 1. The molecule has 9 nitrogen and oxygen atoms in total. The number of carbonyl (C=O) groups is 1. The van der Waals surface area contributed by atoms with E-state index in [1.54, 1.807) is 6.07 Å². The Balaban J connectivity index is 1.63. The summed E-state index contributed by atoms with van der Waals surface area (Å²) in [4.78, 5) is 11.3. The van der Waals surface area contributed by atoms with E-state index in [1.807, 2.05) is 4.72 Å². The van der Waals surface area contributed by atoms with Gasteiger partial charge in [0.1, 0.15) is 35.4 Å². The Kier molecular flexibility index (Phi) is 7.65. The topological polar surface area (TPSA) is 142 Å². The average Bonchev–Trinajstić information content (AvgIpc) is 2.79. The summed E-state index contributed by atoms with van der Waals surface area (Å²) in [6, 6.07) is 8.37. The van der Waals surface area contributed by atoms with Gasteiger partial charge in [-0.1, -0.05) is 6.07 Å². The number of halogens is 2. The average molecular weight is 509 g/mol. The fourth-order valence-electron chi connectivity index (χ4n) is 3.09. The van der Waals surface area contributed by atoms with E-state index in [9.17, 15) is 37.3 Å². The molecule has 0 fully saturated rings. The van der Waals surface area contributed by atoms with Gasteiger partial charge in [0, 0.05) is 12.5 Å². The lowest BCUT2D eigenvalue weighted by molar-refractivity contribution is -0.144. The van der Waals surface area contributed by atoms with Crippen molar-refractivity contribution in [3.8, 4) is 23.0 Å². The Morgan fingerprint density at radius 3 is 2.14 bits per heavy atom. The number of benzene rings is 3. The number of rotatable bonds is 9. The number of phenols is 3. The molecular formula is C23H21F2NO8S. The molecule has 0 radical (unpaired) electrons. The molecule has 0 saturated heterocycles. The second kappa shape index (κ2) is 10.5. The zero-order valence-electron chi connectivity index (χ0n) is 18.3.